The Labute approximate surface area is 88.1 Å². The number of hydrogen-bond acceptors (Lipinski definition) is 2. The lowest BCUT2D eigenvalue weighted by atomic mass is 9.96. The SMILES string of the molecule is CC1CCCC1CNC(C)C(C)(C)O. The third-order valence-corrected chi connectivity index (χ3v) is 3.79. The summed E-state index contributed by atoms with van der Waals surface area (Å²) in [6.07, 6.45) is 4.11. The standard InChI is InChI=1S/C12H25NO/c1-9-6-5-7-11(9)8-13-10(2)12(3,4)14/h9-11,13-14H,5-8H2,1-4H3. The third kappa shape index (κ3) is 3.25. The van der Waals surface area contributed by atoms with Crippen LogP contribution in [-0.2, 0) is 0 Å². The highest BCUT2D eigenvalue weighted by atomic mass is 16.3. The molecule has 1 saturated carbocycles. The van der Waals surface area contributed by atoms with Crippen molar-refractivity contribution >= 4 is 0 Å². The van der Waals surface area contributed by atoms with Crippen LogP contribution in [-0.4, -0.2) is 23.3 Å². The van der Waals surface area contributed by atoms with Crippen molar-refractivity contribution < 1.29 is 5.11 Å². The minimum absolute atomic E-state index is 0.176. The molecule has 0 spiro atoms. The molecular weight excluding hydrogens is 174 g/mol. The van der Waals surface area contributed by atoms with E-state index in [-0.39, 0.29) is 6.04 Å². The molecule has 84 valence electrons. The van der Waals surface area contributed by atoms with E-state index < -0.39 is 5.60 Å². The maximum atomic E-state index is 9.76. The van der Waals surface area contributed by atoms with Crippen LogP contribution in [0.1, 0.15) is 47.0 Å². The van der Waals surface area contributed by atoms with Gasteiger partial charge in [-0.15, -0.1) is 0 Å². The van der Waals surface area contributed by atoms with Gasteiger partial charge in [0.2, 0.25) is 0 Å². The van der Waals surface area contributed by atoms with E-state index >= 15 is 0 Å². The molecule has 1 aliphatic carbocycles. The number of rotatable bonds is 4. The van der Waals surface area contributed by atoms with Gasteiger partial charge in [0.05, 0.1) is 5.60 Å². The molecule has 0 bridgehead atoms. The average Bonchev–Trinajstić information content (AvgIpc) is 2.45. The van der Waals surface area contributed by atoms with Crippen molar-refractivity contribution in [2.24, 2.45) is 11.8 Å². The predicted octanol–water partition coefficient (Wildman–Crippen LogP) is 2.17. The van der Waals surface area contributed by atoms with Crippen LogP contribution in [0.2, 0.25) is 0 Å². The smallest absolute Gasteiger partial charge is 0.0741 e. The molecule has 3 unspecified atom stereocenters. The Kier molecular flexibility index (Phi) is 3.96. The van der Waals surface area contributed by atoms with Gasteiger partial charge in [-0.3, -0.25) is 0 Å². The lowest BCUT2D eigenvalue weighted by Gasteiger charge is -2.28. The zero-order chi connectivity index (χ0) is 10.8. The van der Waals surface area contributed by atoms with Crippen LogP contribution in [0.5, 0.6) is 0 Å². The van der Waals surface area contributed by atoms with Crippen LogP contribution >= 0.6 is 0 Å². The van der Waals surface area contributed by atoms with Gasteiger partial charge in [-0.1, -0.05) is 19.8 Å². The van der Waals surface area contributed by atoms with E-state index in [0.29, 0.717) is 0 Å². The van der Waals surface area contributed by atoms with Crippen LogP contribution in [0, 0.1) is 11.8 Å². The first-order valence-electron chi connectivity index (χ1n) is 5.87. The molecule has 0 saturated heterocycles. The largest absolute Gasteiger partial charge is 0.389 e. The van der Waals surface area contributed by atoms with Gasteiger partial charge >= 0.3 is 0 Å². The molecule has 2 nitrogen and oxygen atoms in total. The van der Waals surface area contributed by atoms with Crippen LogP contribution in [0.25, 0.3) is 0 Å². The fourth-order valence-corrected chi connectivity index (χ4v) is 2.10. The van der Waals surface area contributed by atoms with E-state index in [0.717, 1.165) is 18.4 Å². The zero-order valence-electron chi connectivity index (χ0n) is 10.0. The summed E-state index contributed by atoms with van der Waals surface area (Å²) in [5.41, 5.74) is -0.609. The van der Waals surface area contributed by atoms with E-state index in [1.165, 1.54) is 19.3 Å². The summed E-state index contributed by atoms with van der Waals surface area (Å²) in [4.78, 5) is 0. The second-order valence-corrected chi connectivity index (χ2v) is 5.45. The van der Waals surface area contributed by atoms with Crippen LogP contribution < -0.4 is 5.32 Å². The van der Waals surface area contributed by atoms with Crippen molar-refractivity contribution in [1.29, 1.82) is 0 Å². The van der Waals surface area contributed by atoms with Gasteiger partial charge in [-0.05, 0) is 45.6 Å². The third-order valence-electron chi connectivity index (χ3n) is 3.79. The Bertz CT molecular complexity index is 172. The summed E-state index contributed by atoms with van der Waals surface area (Å²) >= 11 is 0. The molecule has 3 atom stereocenters. The minimum atomic E-state index is -0.609. The predicted molar refractivity (Wildman–Crippen MR) is 60.3 cm³/mol. The Morgan fingerprint density at radius 3 is 2.50 bits per heavy atom. The summed E-state index contributed by atoms with van der Waals surface area (Å²) in [6.45, 7) is 9.19. The topological polar surface area (TPSA) is 32.3 Å². The van der Waals surface area contributed by atoms with Gasteiger partial charge in [0, 0.05) is 6.04 Å². The lowest BCUT2D eigenvalue weighted by Crippen LogP contribution is -2.46. The number of hydrogen-bond donors (Lipinski definition) is 2. The summed E-state index contributed by atoms with van der Waals surface area (Å²) in [5, 5.41) is 13.2. The molecule has 0 aromatic rings. The monoisotopic (exact) mass is 199 g/mol. The molecule has 0 aromatic heterocycles. The van der Waals surface area contributed by atoms with Crippen molar-refractivity contribution in [2.45, 2.75) is 58.6 Å². The number of nitrogens with one attached hydrogen (secondary N) is 1. The van der Waals surface area contributed by atoms with Crippen molar-refractivity contribution in [2.75, 3.05) is 6.54 Å². The average molecular weight is 199 g/mol. The lowest BCUT2D eigenvalue weighted by molar-refractivity contribution is 0.0423. The van der Waals surface area contributed by atoms with Crippen molar-refractivity contribution in [3.63, 3.8) is 0 Å². The first kappa shape index (κ1) is 12.0. The minimum Gasteiger partial charge on any atom is -0.389 e. The molecule has 0 aromatic carbocycles. The van der Waals surface area contributed by atoms with Crippen LogP contribution in [0.3, 0.4) is 0 Å². The highest BCUT2D eigenvalue weighted by Crippen LogP contribution is 2.30. The van der Waals surface area contributed by atoms with Crippen molar-refractivity contribution in [3.05, 3.63) is 0 Å². The summed E-state index contributed by atoms with van der Waals surface area (Å²) in [7, 11) is 0. The van der Waals surface area contributed by atoms with Gasteiger partial charge < -0.3 is 10.4 Å². The maximum absolute atomic E-state index is 9.76. The highest BCUT2D eigenvalue weighted by Gasteiger charge is 2.26. The molecule has 2 N–H and O–H groups in total. The molecule has 1 aliphatic rings. The van der Waals surface area contributed by atoms with Gasteiger partial charge in [0.25, 0.3) is 0 Å². The molecule has 14 heavy (non-hydrogen) atoms. The summed E-state index contributed by atoms with van der Waals surface area (Å²) < 4.78 is 0. The Hall–Kier alpha value is -0.0800. The molecule has 1 fully saturated rings. The second kappa shape index (κ2) is 4.63. The molecule has 0 heterocycles. The molecule has 0 radical (unpaired) electrons. The fraction of sp³-hybridized carbons (Fsp3) is 1.00. The number of aliphatic hydroxyl groups is 1. The van der Waals surface area contributed by atoms with E-state index in [1.807, 2.05) is 13.8 Å². The zero-order valence-corrected chi connectivity index (χ0v) is 10.0. The molecular formula is C12H25NO. The Morgan fingerprint density at radius 2 is 2.07 bits per heavy atom. The highest BCUT2D eigenvalue weighted by molar-refractivity contribution is 4.83. The van der Waals surface area contributed by atoms with Crippen molar-refractivity contribution in [1.82, 2.24) is 5.32 Å². The van der Waals surface area contributed by atoms with Crippen LogP contribution in [0.15, 0.2) is 0 Å². The van der Waals surface area contributed by atoms with E-state index in [4.69, 9.17) is 0 Å². The Balaban J connectivity index is 2.26. The van der Waals surface area contributed by atoms with Gasteiger partial charge in [0.15, 0.2) is 0 Å². The first-order valence-corrected chi connectivity index (χ1v) is 5.87. The summed E-state index contributed by atoms with van der Waals surface area (Å²) in [5.74, 6) is 1.68. The summed E-state index contributed by atoms with van der Waals surface area (Å²) in [6, 6.07) is 0.176. The first-order chi connectivity index (χ1) is 6.41. The van der Waals surface area contributed by atoms with Crippen molar-refractivity contribution in [3.8, 4) is 0 Å². The van der Waals surface area contributed by atoms with Gasteiger partial charge in [-0.25, -0.2) is 0 Å². The molecule has 0 aliphatic heterocycles. The van der Waals surface area contributed by atoms with Gasteiger partial charge in [-0.2, -0.15) is 0 Å². The van der Waals surface area contributed by atoms with Crippen LogP contribution in [0.4, 0.5) is 0 Å². The normalized spacial score (nSPS) is 30.6. The van der Waals surface area contributed by atoms with E-state index in [1.54, 1.807) is 0 Å². The van der Waals surface area contributed by atoms with Gasteiger partial charge in [0.1, 0.15) is 0 Å². The molecule has 0 amide bonds. The Morgan fingerprint density at radius 1 is 1.43 bits per heavy atom. The quantitative estimate of drug-likeness (QED) is 0.727. The molecule has 1 rings (SSSR count). The second-order valence-electron chi connectivity index (χ2n) is 5.45. The van der Waals surface area contributed by atoms with E-state index in [2.05, 4.69) is 19.2 Å². The maximum Gasteiger partial charge on any atom is 0.0741 e. The van der Waals surface area contributed by atoms with E-state index in [9.17, 15) is 5.11 Å². The fourth-order valence-electron chi connectivity index (χ4n) is 2.10. The molecule has 2 heteroatoms.